The highest BCUT2D eigenvalue weighted by atomic mass is 16.5. The van der Waals surface area contributed by atoms with Gasteiger partial charge in [0.15, 0.2) is 5.69 Å². The number of likely N-dealkylation sites (tertiary alicyclic amines) is 1. The summed E-state index contributed by atoms with van der Waals surface area (Å²) in [6.07, 6.45) is 6.87. The molecule has 1 aromatic heterocycles. The van der Waals surface area contributed by atoms with Gasteiger partial charge in [-0.2, -0.15) is 0 Å². The zero-order chi connectivity index (χ0) is 19.4. The van der Waals surface area contributed by atoms with Crippen LogP contribution in [-0.2, 0) is 22.4 Å². The molecular formula is C19H27N3O5. The van der Waals surface area contributed by atoms with Crippen molar-refractivity contribution < 1.29 is 24.0 Å². The molecule has 2 heterocycles. The summed E-state index contributed by atoms with van der Waals surface area (Å²) in [5.41, 5.74) is 1.38. The molecule has 0 spiro atoms. The number of carboxylic acid groups (broad SMARTS) is 1. The second-order valence-electron chi connectivity index (χ2n) is 7.41. The predicted octanol–water partition coefficient (Wildman–Crippen LogP) is 1.87. The summed E-state index contributed by atoms with van der Waals surface area (Å²) in [6, 6.07) is -0.161. The van der Waals surface area contributed by atoms with Crippen molar-refractivity contribution in [3.63, 3.8) is 0 Å². The number of nitrogens with zero attached hydrogens (tertiary/aromatic N) is 3. The molecule has 148 valence electrons. The van der Waals surface area contributed by atoms with Crippen LogP contribution in [0.25, 0.3) is 0 Å². The van der Waals surface area contributed by atoms with E-state index in [2.05, 4.69) is 5.16 Å². The van der Waals surface area contributed by atoms with Crippen molar-refractivity contribution in [3.05, 3.63) is 17.0 Å². The predicted molar refractivity (Wildman–Crippen MR) is 96.3 cm³/mol. The van der Waals surface area contributed by atoms with Gasteiger partial charge in [0.25, 0.3) is 5.91 Å². The van der Waals surface area contributed by atoms with E-state index in [1.54, 1.807) is 4.90 Å². The average Bonchev–Trinajstić information content (AvgIpc) is 2.81. The van der Waals surface area contributed by atoms with Crippen LogP contribution in [0.15, 0.2) is 4.52 Å². The van der Waals surface area contributed by atoms with Gasteiger partial charge in [-0.05, 0) is 38.5 Å². The Kier molecular flexibility index (Phi) is 6.13. The molecule has 2 amide bonds. The van der Waals surface area contributed by atoms with E-state index >= 15 is 0 Å². The van der Waals surface area contributed by atoms with Crippen LogP contribution in [0.5, 0.6) is 0 Å². The van der Waals surface area contributed by atoms with Gasteiger partial charge in [-0.25, -0.2) is 0 Å². The van der Waals surface area contributed by atoms with Gasteiger partial charge in [0.05, 0.1) is 0 Å². The lowest BCUT2D eigenvalue weighted by molar-refractivity contribution is -0.145. The van der Waals surface area contributed by atoms with E-state index in [1.165, 1.54) is 11.8 Å². The number of hydrogen-bond acceptors (Lipinski definition) is 5. The third-order valence-corrected chi connectivity index (χ3v) is 5.54. The largest absolute Gasteiger partial charge is 0.480 e. The van der Waals surface area contributed by atoms with Gasteiger partial charge in [0.2, 0.25) is 5.91 Å². The van der Waals surface area contributed by atoms with Gasteiger partial charge in [0, 0.05) is 38.0 Å². The SMILES string of the molecule is CC(=O)N(CC(=O)O)C1CCCN(C(=O)c2noc3c2CCCCC3)CC1. The molecule has 1 aliphatic carbocycles. The van der Waals surface area contributed by atoms with E-state index in [1.807, 2.05) is 0 Å². The van der Waals surface area contributed by atoms with Gasteiger partial charge in [0.1, 0.15) is 12.3 Å². The second kappa shape index (κ2) is 8.54. The minimum atomic E-state index is -1.02. The smallest absolute Gasteiger partial charge is 0.323 e. The Morgan fingerprint density at radius 3 is 2.67 bits per heavy atom. The molecule has 1 unspecified atom stereocenters. The van der Waals surface area contributed by atoms with Crippen molar-refractivity contribution in [2.75, 3.05) is 19.6 Å². The van der Waals surface area contributed by atoms with Crippen LogP contribution in [0, 0.1) is 0 Å². The first-order chi connectivity index (χ1) is 13.0. The number of fused-ring (bicyclic) bond motifs is 1. The molecule has 27 heavy (non-hydrogen) atoms. The molecular weight excluding hydrogens is 350 g/mol. The Morgan fingerprint density at radius 1 is 1.15 bits per heavy atom. The fourth-order valence-corrected chi connectivity index (χ4v) is 4.12. The summed E-state index contributed by atoms with van der Waals surface area (Å²) in [5, 5.41) is 13.1. The first kappa shape index (κ1) is 19.4. The molecule has 8 nitrogen and oxygen atoms in total. The van der Waals surface area contributed by atoms with E-state index < -0.39 is 5.97 Å². The molecule has 1 aliphatic heterocycles. The van der Waals surface area contributed by atoms with Crippen LogP contribution in [0.1, 0.15) is 67.3 Å². The van der Waals surface area contributed by atoms with Crippen LogP contribution >= 0.6 is 0 Å². The molecule has 1 atom stereocenters. The summed E-state index contributed by atoms with van der Waals surface area (Å²) in [5.74, 6) is -0.542. The second-order valence-corrected chi connectivity index (χ2v) is 7.41. The fourth-order valence-electron chi connectivity index (χ4n) is 4.12. The van der Waals surface area contributed by atoms with Crippen LogP contribution in [0.2, 0.25) is 0 Å². The van der Waals surface area contributed by atoms with Crippen LogP contribution in [0.3, 0.4) is 0 Å². The highest BCUT2D eigenvalue weighted by Gasteiger charge is 2.31. The van der Waals surface area contributed by atoms with Crippen molar-refractivity contribution in [2.45, 2.75) is 64.3 Å². The standard InChI is InChI=1S/C19H27N3O5/c1-13(23)22(12-17(24)25)14-6-5-10-21(11-9-14)19(26)18-15-7-3-2-4-8-16(15)27-20-18/h14H,2-12H2,1H3,(H,24,25). The average molecular weight is 377 g/mol. The lowest BCUT2D eigenvalue weighted by Gasteiger charge is -2.28. The Labute approximate surface area is 158 Å². The number of carbonyl (C=O) groups is 3. The lowest BCUT2D eigenvalue weighted by Crippen LogP contribution is -2.43. The number of carbonyl (C=O) groups excluding carboxylic acids is 2. The maximum atomic E-state index is 13.0. The minimum Gasteiger partial charge on any atom is -0.480 e. The molecule has 1 aromatic rings. The summed E-state index contributed by atoms with van der Waals surface area (Å²) in [6.45, 7) is 2.15. The number of rotatable bonds is 4. The first-order valence-corrected chi connectivity index (χ1v) is 9.73. The van der Waals surface area contributed by atoms with E-state index in [0.29, 0.717) is 31.6 Å². The Morgan fingerprint density at radius 2 is 1.93 bits per heavy atom. The van der Waals surface area contributed by atoms with E-state index in [4.69, 9.17) is 9.63 Å². The fraction of sp³-hybridized carbons (Fsp3) is 0.684. The van der Waals surface area contributed by atoms with Crippen molar-refractivity contribution in [1.82, 2.24) is 15.0 Å². The van der Waals surface area contributed by atoms with Crippen molar-refractivity contribution in [3.8, 4) is 0 Å². The van der Waals surface area contributed by atoms with Gasteiger partial charge < -0.3 is 19.4 Å². The van der Waals surface area contributed by atoms with Gasteiger partial charge in [-0.15, -0.1) is 0 Å². The number of carboxylic acids is 1. The van der Waals surface area contributed by atoms with Crippen LogP contribution in [-0.4, -0.2) is 63.5 Å². The van der Waals surface area contributed by atoms with Gasteiger partial charge >= 0.3 is 5.97 Å². The zero-order valence-electron chi connectivity index (χ0n) is 15.8. The highest BCUT2D eigenvalue weighted by Crippen LogP contribution is 2.26. The van der Waals surface area contributed by atoms with E-state index in [9.17, 15) is 14.4 Å². The van der Waals surface area contributed by atoms with Gasteiger partial charge in [-0.1, -0.05) is 11.6 Å². The monoisotopic (exact) mass is 377 g/mol. The Bertz CT molecular complexity index is 714. The van der Waals surface area contributed by atoms with Crippen LogP contribution in [0.4, 0.5) is 0 Å². The first-order valence-electron chi connectivity index (χ1n) is 9.73. The molecule has 2 aliphatic rings. The maximum Gasteiger partial charge on any atom is 0.323 e. The molecule has 0 radical (unpaired) electrons. The summed E-state index contributed by atoms with van der Waals surface area (Å²) < 4.78 is 5.43. The Balaban J connectivity index is 1.69. The molecule has 1 saturated heterocycles. The molecule has 1 fully saturated rings. The van der Waals surface area contributed by atoms with Crippen molar-refractivity contribution in [2.24, 2.45) is 0 Å². The molecule has 0 saturated carbocycles. The number of aliphatic carboxylic acids is 1. The van der Waals surface area contributed by atoms with E-state index in [-0.39, 0.29) is 24.4 Å². The molecule has 1 N–H and O–H groups in total. The maximum absolute atomic E-state index is 13.0. The normalized spacial score (nSPS) is 20.3. The van der Waals surface area contributed by atoms with E-state index in [0.717, 1.165) is 49.8 Å². The third kappa shape index (κ3) is 4.48. The Hall–Kier alpha value is -2.38. The number of amides is 2. The lowest BCUT2D eigenvalue weighted by atomic mass is 10.1. The number of aromatic nitrogens is 1. The van der Waals surface area contributed by atoms with Crippen LogP contribution < -0.4 is 0 Å². The zero-order valence-corrected chi connectivity index (χ0v) is 15.8. The highest BCUT2D eigenvalue weighted by molar-refractivity contribution is 5.94. The molecule has 8 heteroatoms. The van der Waals surface area contributed by atoms with Crippen molar-refractivity contribution in [1.29, 1.82) is 0 Å². The topological polar surface area (TPSA) is 104 Å². The minimum absolute atomic E-state index is 0.116. The summed E-state index contributed by atoms with van der Waals surface area (Å²) >= 11 is 0. The summed E-state index contributed by atoms with van der Waals surface area (Å²) in [7, 11) is 0. The molecule has 0 bridgehead atoms. The van der Waals surface area contributed by atoms with Gasteiger partial charge in [-0.3, -0.25) is 14.4 Å². The van der Waals surface area contributed by atoms with Crippen molar-refractivity contribution >= 4 is 17.8 Å². The summed E-state index contributed by atoms with van der Waals surface area (Å²) in [4.78, 5) is 39.1. The number of aryl methyl sites for hydroxylation is 1. The third-order valence-electron chi connectivity index (χ3n) is 5.54. The molecule has 3 rings (SSSR count). The number of hydrogen-bond donors (Lipinski definition) is 1. The quantitative estimate of drug-likeness (QED) is 0.804. The molecule has 0 aromatic carbocycles.